The molecule has 3 heterocycles. The van der Waals surface area contributed by atoms with Crippen LogP contribution in [0.4, 0.5) is 5.13 Å². The van der Waals surface area contributed by atoms with Crippen LogP contribution in [0, 0.1) is 19.8 Å². The number of thiazole rings is 1. The molecule has 0 aliphatic carbocycles. The van der Waals surface area contributed by atoms with Gasteiger partial charge in [-0.15, -0.1) is 11.3 Å². The van der Waals surface area contributed by atoms with Crippen molar-refractivity contribution in [1.29, 1.82) is 0 Å². The number of anilines is 1. The molecule has 0 fully saturated rings. The summed E-state index contributed by atoms with van der Waals surface area (Å²) in [4.78, 5) is 23.0. The second kappa shape index (κ2) is 10.4. The first-order chi connectivity index (χ1) is 15.7. The van der Waals surface area contributed by atoms with Gasteiger partial charge in [-0.3, -0.25) is 0 Å². The lowest BCUT2D eigenvalue weighted by Crippen LogP contribution is -2.15. The zero-order valence-electron chi connectivity index (χ0n) is 18.9. The number of benzene rings is 1. The summed E-state index contributed by atoms with van der Waals surface area (Å²) in [5.74, 6) is -1.43. The second-order valence-electron chi connectivity index (χ2n) is 7.87. The summed E-state index contributed by atoms with van der Waals surface area (Å²) in [6.45, 7) is 10.8. The summed E-state index contributed by atoms with van der Waals surface area (Å²) in [6, 6.07) is 8.31. The number of ether oxygens (including phenoxy) is 2. The van der Waals surface area contributed by atoms with Crippen LogP contribution in [0.2, 0.25) is 0 Å². The van der Waals surface area contributed by atoms with Gasteiger partial charge in [0.1, 0.15) is 13.2 Å². The molecule has 3 N–H and O–H groups in total. The minimum absolute atomic E-state index is 0.594. The number of carboxylic acid groups (broad SMARTS) is 2. The van der Waals surface area contributed by atoms with E-state index in [1.165, 1.54) is 11.4 Å². The Hall–Kier alpha value is -3.53. The quantitative estimate of drug-likeness (QED) is 0.471. The Labute approximate surface area is 195 Å². The fourth-order valence-corrected chi connectivity index (χ4v) is 4.08. The van der Waals surface area contributed by atoms with Gasteiger partial charge < -0.3 is 29.6 Å². The number of aromatic nitrogens is 2. The van der Waals surface area contributed by atoms with Crippen LogP contribution in [0.1, 0.15) is 25.2 Å². The number of aliphatic carboxylic acids is 2. The van der Waals surface area contributed by atoms with Gasteiger partial charge in [-0.1, -0.05) is 13.8 Å². The predicted octanol–water partition coefficient (Wildman–Crippen LogP) is 4.21. The van der Waals surface area contributed by atoms with Crippen molar-refractivity contribution in [3.05, 3.63) is 41.0 Å². The highest BCUT2D eigenvalue weighted by Crippen LogP contribution is 2.36. The van der Waals surface area contributed by atoms with Crippen LogP contribution in [-0.4, -0.2) is 51.5 Å². The number of rotatable bonds is 5. The van der Waals surface area contributed by atoms with Crippen molar-refractivity contribution in [2.24, 2.45) is 5.92 Å². The van der Waals surface area contributed by atoms with Crippen LogP contribution in [0.25, 0.3) is 16.9 Å². The number of nitrogens with one attached hydrogen (secondary N) is 1. The third-order valence-electron chi connectivity index (χ3n) is 4.84. The third kappa shape index (κ3) is 5.83. The van der Waals surface area contributed by atoms with Gasteiger partial charge >= 0.3 is 11.9 Å². The molecule has 0 saturated heterocycles. The summed E-state index contributed by atoms with van der Waals surface area (Å²) in [5, 5.41) is 21.3. The van der Waals surface area contributed by atoms with E-state index in [1.54, 1.807) is 11.3 Å². The number of carboxylic acids is 2. The smallest absolute Gasteiger partial charge is 0.414 e. The van der Waals surface area contributed by atoms with Crippen LogP contribution in [0.5, 0.6) is 11.5 Å². The van der Waals surface area contributed by atoms with Gasteiger partial charge in [-0.05, 0) is 38.0 Å². The van der Waals surface area contributed by atoms with Crippen molar-refractivity contribution in [3.63, 3.8) is 0 Å². The third-order valence-corrected chi connectivity index (χ3v) is 5.64. The van der Waals surface area contributed by atoms with Crippen molar-refractivity contribution >= 4 is 28.4 Å². The topological polar surface area (TPSA) is 123 Å². The maximum atomic E-state index is 9.10. The molecule has 0 spiro atoms. The molecule has 3 aromatic rings. The van der Waals surface area contributed by atoms with Crippen LogP contribution in [0.3, 0.4) is 0 Å². The molecular formula is C23H27N3O6S. The number of hydrogen-bond acceptors (Lipinski definition) is 7. The molecule has 1 aliphatic rings. The van der Waals surface area contributed by atoms with Crippen molar-refractivity contribution in [1.82, 2.24) is 9.55 Å². The van der Waals surface area contributed by atoms with E-state index in [9.17, 15) is 0 Å². The zero-order valence-corrected chi connectivity index (χ0v) is 19.7. The molecule has 4 rings (SSSR count). The number of fused-ring (bicyclic) bond motifs is 1. The van der Waals surface area contributed by atoms with Gasteiger partial charge in [-0.2, -0.15) is 0 Å². The predicted molar refractivity (Wildman–Crippen MR) is 126 cm³/mol. The van der Waals surface area contributed by atoms with Crippen molar-refractivity contribution in [3.8, 4) is 28.4 Å². The molecule has 9 nitrogen and oxygen atoms in total. The van der Waals surface area contributed by atoms with E-state index in [-0.39, 0.29) is 0 Å². The van der Waals surface area contributed by atoms with Gasteiger partial charge in [0.25, 0.3) is 0 Å². The van der Waals surface area contributed by atoms with Gasteiger partial charge in [0.05, 0.1) is 5.69 Å². The second-order valence-corrected chi connectivity index (χ2v) is 8.73. The Morgan fingerprint density at radius 1 is 1.12 bits per heavy atom. The van der Waals surface area contributed by atoms with Crippen molar-refractivity contribution in [2.45, 2.75) is 27.7 Å². The van der Waals surface area contributed by atoms with Crippen molar-refractivity contribution < 1.29 is 29.3 Å². The lowest BCUT2D eigenvalue weighted by Gasteiger charge is -2.20. The first kappa shape index (κ1) is 24.1. The average Bonchev–Trinajstić information content (AvgIpc) is 3.36. The Morgan fingerprint density at radius 2 is 1.79 bits per heavy atom. The highest BCUT2D eigenvalue weighted by Gasteiger charge is 2.18. The van der Waals surface area contributed by atoms with E-state index in [1.807, 2.05) is 6.07 Å². The molecule has 0 saturated carbocycles. The largest absolute Gasteiger partial charge is 0.486 e. The molecule has 176 valence electrons. The Bertz CT molecular complexity index is 1140. The summed E-state index contributed by atoms with van der Waals surface area (Å²) < 4.78 is 13.6. The Balaban J connectivity index is 0.000000454. The molecule has 1 aromatic carbocycles. The minimum Gasteiger partial charge on any atom is -0.486 e. The normalized spacial score (nSPS) is 12.2. The maximum absolute atomic E-state index is 9.10. The van der Waals surface area contributed by atoms with Gasteiger partial charge in [0.15, 0.2) is 16.6 Å². The molecule has 0 unspecified atom stereocenters. The zero-order chi connectivity index (χ0) is 24.1. The van der Waals surface area contributed by atoms with Crippen LogP contribution in [-0.2, 0) is 9.59 Å². The van der Waals surface area contributed by atoms with Crippen LogP contribution in [0.15, 0.2) is 29.6 Å². The van der Waals surface area contributed by atoms with Gasteiger partial charge in [-0.25, -0.2) is 14.6 Å². The summed E-state index contributed by atoms with van der Waals surface area (Å²) in [6.07, 6.45) is 0. The molecular weight excluding hydrogens is 446 g/mol. The van der Waals surface area contributed by atoms with Gasteiger partial charge in [0, 0.05) is 40.6 Å². The molecule has 1 aliphatic heterocycles. The lowest BCUT2D eigenvalue weighted by molar-refractivity contribution is -0.159. The number of nitrogens with zero attached hydrogens (tertiary/aromatic N) is 2. The number of carbonyl (C=O) groups is 2. The number of hydrogen-bond donors (Lipinski definition) is 3. The highest BCUT2D eigenvalue weighted by atomic mass is 32.1. The lowest BCUT2D eigenvalue weighted by atomic mass is 10.2. The van der Waals surface area contributed by atoms with Crippen molar-refractivity contribution in [2.75, 3.05) is 25.1 Å². The molecule has 33 heavy (non-hydrogen) atoms. The monoisotopic (exact) mass is 473 g/mol. The van der Waals surface area contributed by atoms with Crippen LogP contribution < -0.4 is 14.8 Å². The van der Waals surface area contributed by atoms with E-state index in [0.717, 1.165) is 40.1 Å². The molecule has 2 aromatic heterocycles. The summed E-state index contributed by atoms with van der Waals surface area (Å²) in [7, 11) is 0. The van der Waals surface area contributed by atoms with E-state index in [0.29, 0.717) is 19.1 Å². The van der Waals surface area contributed by atoms with E-state index in [2.05, 4.69) is 61.2 Å². The van der Waals surface area contributed by atoms with Gasteiger partial charge in [0.2, 0.25) is 0 Å². The molecule has 0 bridgehead atoms. The fraction of sp³-hybridized carbons (Fsp3) is 0.348. The molecule has 10 heteroatoms. The maximum Gasteiger partial charge on any atom is 0.414 e. The molecule has 0 atom stereocenters. The highest BCUT2D eigenvalue weighted by molar-refractivity contribution is 7.14. The van der Waals surface area contributed by atoms with E-state index >= 15 is 0 Å². The first-order valence-corrected chi connectivity index (χ1v) is 11.3. The standard InChI is InChI=1S/C21H25N3O2S.C2H2O4/c1-13(2)11-22-21-23-18(12-27-21)17-9-14(3)24(15(17)4)16-5-6-19-20(10-16)26-8-7-25-19;3-1(4)2(5)6/h5-6,9-10,12-13H,7-8,11H2,1-4H3,(H,22,23);(H,3,4)(H,5,6). The first-order valence-electron chi connectivity index (χ1n) is 10.4. The van der Waals surface area contributed by atoms with E-state index < -0.39 is 11.9 Å². The van der Waals surface area contributed by atoms with E-state index in [4.69, 9.17) is 34.3 Å². The fourth-order valence-electron chi connectivity index (χ4n) is 3.36. The summed E-state index contributed by atoms with van der Waals surface area (Å²) in [5.41, 5.74) is 5.60. The Kier molecular flexibility index (Phi) is 7.59. The summed E-state index contributed by atoms with van der Waals surface area (Å²) >= 11 is 1.66. The molecule has 0 radical (unpaired) electrons. The number of aryl methyl sites for hydroxylation is 1. The average molecular weight is 474 g/mol. The SMILES string of the molecule is Cc1cc(-c2csc(NCC(C)C)n2)c(C)n1-c1ccc2c(c1)OCCO2.O=C(O)C(=O)O. The minimum atomic E-state index is -1.82. The molecule has 0 amide bonds. The Morgan fingerprint density at radius 3 is 2.42 bits per heavy atom. The van der Waals surface area contributed by atoms with Crippen LogP contribution >= 0.6 is 11.3 Å².